The van der Waals surface area contributed by atoms with Crippen LogP contribution in [0.4, 0.5) is 22.0 Å². The van der Waals surface area contributed by atoms with Gasteiger partial charge in [0.05, 0.1) is 18.1 Å². The van der Waals surface area contributed by atoms with Gasteiger partial charge in [-0.25, -0.2) is 18.6 Å². The second-order valence-electron chi connectivity index (χ2n) is 4.23. The van der Waals surface area contributed by atoms with Crippen molar-refractivity contribution < 1.29 is 41.4 Å². The molecule has 0 aromatic carbocycles. The second kappa shape index (κ2) is 6.88. The van der Waals surface area contributed by atoms with Crippen molar-refractivity contribution in [3.05, 3.63) is 28.1 Å². The van der Waals surface area contributed by atoms with Crippen molar-refractivity contribution in [2.75, 3.05) is 6.61 Å². The third-order valence-electron chi connectivity index (χ3n) is 2.84. The molecule has 0 aliphatic rings. The quantitative estimate of drug-likeness (QED) is 0.606. The molecule has 0 radical (unpaired) electrons. The van der Waals surface area contributed by atoms with Gasteiger partial charge in [-0.3, -0.25) is 0 Å². The van der Waals surface area contributed by atoms with Gasteiger partial charge in [-0.05, 0) is 18.9 Å². The lowest BCUT2D eigenvalue weighted by atomic mass is 9.95. The Morgan fingerprint density at radius 3 is 2.13 bits per heavy atom. The SMILES string of the molecule is CCOC(=O)c1c(C(F)(F)F)nc(C(F)F)c(C(=O)[O-])c1CC. The smallest absolute Gasteiger partial charge is 0.434 e. The number of carbonyl (C=O) groups excluding carboxylic acids is 2. The predicted molar refractivity (Wildman–Crippen MR) is 63.9 cm³/mol. The molecule has 0 aliphatic carbocycles. The minimum absolute atomic E-state index is 0.295. The van der Waals surface area contributed by atoms with E-state index in [1.165, 1.54) is 13.8 Å². The van der Waals surface area contributed by atoms with E-state index in [1.807, 2.05) is 0 Å². The van der Waals surface area contributed by atoms with Crippen molar-refractivity contribution in [2.24, 2.45) is 0 Å². The highest BCUT2D eigenvalue weighted by atomic mass is 19.4. The number of hydrogen-bond donors (Lipinski definition) is 0. The topological polar surface area (TPSA) is 79.3 Å². The first-order chi connectivity index (χ1) is 10.6. The average Bonchev–Trinajstić information content (AvgIpc) is 2.43. The molecule has 1 aromatic rings. The molecule has 0 unspecified atom stereocenters. The van der Waals surface area contributed by atoms with E-state index >= 15 is 0 Å². The van der Waals surface area contributed by atoms with Crippen LogP contribution in [0.3, 0.4) is 0 Å². The van der Waals surface area contributed by atoms with Crippen LogP contribution in [0.1, 0.15) is 57.9 Å². The summed E-state index contributed by atoms with van der Waals surface area (Å²) in [6.07, 6.45) is -9.28. The summed E-state index contributed by atoms with van der Waals surface area (Å²) in [4.78, 5) is 25.5. The minimum Gasteiger partial charge on any atom is -0.545 e. The van der Waals surface area contributed by atoms with Gasteiger partial charge in [-0.15, -0.1) is 0 Å². The molecule has 0 bridgehead atoms. The number of carbonyl (C=O) groups is 2. The van der Waals surface area contributed by atoms with E-state index in [0.29, 0.717) is 0 Å². The predicted octanol–water partition coefficient (Wildman–Crippen LogP) is 2.14. The van der Waals surface area contributed by atoms with Crippen LogP contribution in [0.5, 0.6) is 0 Å². The number of esters is 1. The molecule has 0 N–H and O–H groups in total. The van der Waals surface area contributed by atoms with Crippen LogP contribution < -0.4 is 5.11 Å². The molecule has 0 aliphatic heterocycles. The molecule has 0 saturated heterocycles. The maximum absolute atomic E-state index is 13.1. The van der Waals surface area contributed by atoms with Crippen molar-refractivity contribution in [2.45, 2.75) is 32.9 Å². The lowest BCUT2D eigenvalue weighted by molar-refractivity contribution is -0.255. The second-order valence-corrected chi connectivity index (χ2v) is 4.23. The number of carboxylic acids is 1. The molecule has 0 spiro atoms. The molecule has 1 heterocycles. The Morgan fingerprint density at radius 2 is 1.78 bits per heavy atom. The molecule has 1 aromatic heterocycles. The molecule has 1 rings (SSSR count). The van der Waals surface area contributed by atoms with Crippen molar-refractivity contribution >= 4 is 11.9 Å². The van der Waals surface area contributed by atoms with Gasteiger partial charge < -0.3 is 14.6 Å². The molecule has 128 valence electrons. The van der Waals surface area contributed by atoms with Gasteiger partial charge in [0.25, 0.3) is 6.43 Å². The normalized spacial score (nSPS) is 11.7. The number of aromatic nitrogens is 1. The van der Waals surface area contributed by atoms with Gasteiger partial charge >= 0.3 is 12.1 Å². The Balaban J connectivity index is 3.93. The van der Waals surface area contributed by atoms with Crippen molar-refractivity contribution in [3.63, 3.8) is 0 Å². The standard InChI is InChI=1S/C13H12F5NO4/c1-3-5-6(11(20)21)8(10(14)15)19-9(13(16,17)18)7(5)12(22)23-4-2/h10H,3-4H2,1-2H3,(H,20,21)/p-1. The Kier molecular flexibility index (Phi) is 5.62. The van der Waals surface area contributed by atoms with Crippen LogP contribution in [0.2, 0.25) is 0 Å². The number of halogens is 5. The number of carboxylic acid groups (broad SMARTS) is 1. The van der Waals surface area contributed by atoms with Crippen LogP contribution in [-0.4, -0.2) is 23.5 Å². The summed E-state index contributed by atoms with van der Waals surface area (Å²) in [7, 11) is 0. The number of rotatable bonds is 5. The highest BCUT2D eigenvalue weighted by Crippen LogP contribution is 2.36. The largest absolute Gasteiger partial charge is 0.545 e. The van der Waals surface area contributed by atoms with Gasteiger partial charge in [0.1, 0.15) is 5.69 Å². The summed E-state index contributed by atoms with van der Waals surface area (Å²) in [5, 5.41) is 11.1. The fourth-order valence-electron chi connectivity index (χ4n) is 2.02. The molecule has 5 nitrogen and oxygen atoms in total. The van der Waals surface area contributed by atoms with Gasteiger partial charge in [0.2, 0.25) is 0 Å². The Labute approximate surface area is 127 Å². The van der Waals surface area contributed by atoms with Crippen molar-refractivity contribution in [1.82, 2.24) is 4.98 Å². The summed E-state index contributed by atoms with van der Waals surface area (Å²) in [5.74, 6) is -3.64. The van der Waals surface area contributed by atoms with Gasteiger partial charge in [0, 0.05) is 5.56 Å². The molecule has 0 fully saturated rings. The van der Waals surface area contributed by atoms with Crippen molar-refractivity contribution in [3.8, 4) is 0 Å². The highest BCUT2D eigenvalue weighted by molar-refractivity contribution is 5.98. The molecule has 0 amide bonds. The summed E-state index contributed by atoms with van der Waals surface area (Å²) >= 11 is 0. The number of aromatic carboxylic acids is 1. The Bertz CT molecular complexity index is 628. The van der Waals surface area contributed by atoms with Gasteiger partial charge in [0.15, 0.2) is 5.69 Å². The van der Waals surface area contributed by atoms with Crippen LogP contribution >= 0.6 is 0 Å². The first-order valence-corrected chi connectivity index (χ1v) is 6.36. The molecule has 0 saturated carbocycles. The fraction of sp³-hybridized carbons (Fsp3) is 0.462. The number of nitrogens with zero attached hydrogens (tertiary/aromatic N) is 1. The highest BCUT2D eigenvalue weighted by Gasteiger charge is 2.41. The lowest BCUT2D eigenvalue weighted by Gasteiger charge is -2.21. The molecule has 23 heavy (non-hydrogen) atoms. The zero-order valence-corrected chi connectivity index (χ0v) is 12.0. The summed E-state index contributed by atoms with van der Waals surface area (Å²) in [5.41, 5.74) is -6.67. The molecule has 0 atom stereocenters. The number of ether oxygens (including phenoxy) is 1. The van der Waals surface area contributed by atoms with Crippen LogP contribution in [0, 0.1) is 0 Å². The van der Waals surface area contributed by atoms with Crippen LogP contribution in [0.15, 0.2) is 0 Å². The minimum atomic E-state index is -5.25. The Hall–Kier alpha value is -2.26. The summed E-state index contributed by atoms with van der Waals surface area (Å²) < 4.78 is 69.5. The zero-order valence-electron chi connectivity index (χ0n) is 12.0. The fourth-order valence-corrected chi connectivity index (χ4v) is 2.02. The van der Waals surface area contributed by atoms with E-state index < -0.39 is 59.0 Å². The first kappa shape index (κ1) is 18.8. The maximum Gasteiger partial charge on any atom is 0.434 e. The van der Waals surface area contributed by atoms with Gasteiger partial charge in [-0.1, -0.05) is 6.92 Å². The number of hydrogen-bond acceptors (Lipinski definition) is 5. The van der Waals surface area contributed by atoms with E-state index in [1.54, 1.807) is 0 Å². The van der Waals surface area contributed by atoms with Gasteiger partial charge in [-0.2, -0.15) is 13.2 Å². The molecular weight excluding hydrogens is 329 g/mol. The van der Waals surface area contributed by atoms with Crippen LogP contribution in [-0.2, 0) is 17.3 Å². The van der Waals surface area contributed by atoms with E-state index in [0.717, 1.165) is 0 Å². The third kappa shape index (κ3) is 3.74. The number of alkyl halides is 5. The summed E-state index contributed by atoms with van der Waals surface area (Å²) in [6, 6.07) is 0. The molecular formula is C13H11F5NO4-. The lowest BCUT2D eigenvalue weighted by Crippen LogP contribution is -2.30. The zero-order chi connectivity index (χ0) is 17.9. The maximum atomic E-state index is 13.1. The number of pyridine rings is 1. The Morgan fingerprint density at radius 1 is 1.22 bits per heavy atom. The van der Waals surface area contributed by atoms with E-state index in [2.05, 4.69) is 9.72 Å². The van der Waals surface area contributed by atoms with E-state index in [-0.39, 0.29) is 6.61 Å². The third-order valence-corrected chi connectivity index (χ3v) is 2.84. The van der Waals surface area contributed by atoms with Crippen LogP contribution in [0.25, 0.3) is 0 Å². The monoisotopic (exact) mass is 340 g/mol. The molecule has 10 heteroatoms. The van der Waals surface area contributed by atoms with E-state index in [4.69, 9.17) is 0 Å². The van der Waals surface area contributed by atoms with E-state index in [9.17, 15) is 36.6 Å². The van der Waals surface area contributed by atoms with Crippen molar-refractivity contribution in [1.29, 1.82) is 0 Å². The average molecular weight is 340 g/mol. The first-order valence-electron chi connectivity index (χ1n) is 6.36. The summed E-state index contributed by atoms with van der Waals surface area (Å²) in [6.45, 7) is 2.23.